The largest absolute Gasteiger partial charge is 0.331 e. The van der Waals surface area contributed by atoms with Crippen molar-refractivity contribution in [3.63, 3.8) is 0 Å². The summed E-state index contributed by atoms with van der Waals surface area (Å²) in [6.07, 6.45) is 0. The smallest absolute Gasteiger partial charge is 0.289 e. The van der Waals surface area contributed by atoms with Crippen LogP contribution >= 0.6 is 15.9 Å². The number of halogens is 1. The van der Waals surface area contributed by atoms with Crippen molar-refractivity contribution in [3.8, 4) is 0 Å². The average molecular weight is 194 g/mol. The van der Waals surface area contributed by atoms with Gasteiger partial charge in [-0.25, -0.2) is 0 Å². The second-order valence-electron chi connectivity index (χ2n) is 2.13. The van der Waals surface area contributed by atoms with Crippen LogP contribution in [-0.4, -0.2) is 22.3 Å². The summed E-state index contributed by atoms with van der Waals surface area (Å²) in [5, 5.41) is 0. The van der Waals surface area contributed by atoms with E-state index in [0.29, 0.717) is 6.04 Å². The minimum absolute atomic E-state index is 0.0278. The molecule has 0 aliphatic rings. The predicted octanol–water partition coefficient (Wildman–Crippen LogP) is 2.23. The molecule has 0 aromatic carbocycles. The Morgan fingerprint density at radius 1 is 1.67 bits per heavy atom. The highest BCUT2D eigenvalue weighted by atomic mass is 79.9. The Balaban J connectivity index is 3.83. The van der Waals surface area contributed by atoms with Crippen LogP contribution in [0.25, 0.3) is 0 Å². The van der Waals surface area contributed by atoms with Crippen LogP contribution in [0.2, 0.25) is 0 Å². The van der Waals surface area contributed by atoms with Crippen LogP contribution in [0.4, 0.5) is 4.79 Å². The van der Waals surface area contributed by atoms with E-state index in [4.69, 9.17) is 0 Å². The number of nitrogens with zero attached hydrogens (tertiary/aromatic N) is 1. The molecular formula is C6H12BrNO. The van der Waals surface area contributed by atoms with E-state index < -0.39 is 0 Å². The van der Waals surface area contributed by atoms with Crippen molar-refractivity contribution >= 4 is 20.7 Å². The Morgan fingerprint density at radius 2 is 2.11 bits per heavy atom. The Hall–Kier alpha value is -0.0500. The predicted molar refractivity (Wildman–Crippen MR) is 41.8 cm³/mol. The third-order valence-corrected chi connectivity index (χ3v) is 1.65. The van der Waals surface area contributed by atoms with Gasteiger partial charge in [-0.2, -0.15) is 0 Å². The summed E-state index contributed by atoms with van der Waals surface area (Å²) in [5.41, 5.74) is 0. The molecule has 0 saturated heterocycles. The molecular weight excluding hydrogens is 182 g/mol. The maximum absolute atomic E-state index is 10.7. The highest BCUT2D eigenvalue weighted by molar-refractivity contribution is 9.18. The lowest BCUT2D eigenvalue weighted by Crippen LogP contribution is -2.32. The summed E-state index contributed by atoms with van der Waals surface area (Å²) in [7, 11) is 0. The molecule has 1 amide bonds. The zero-order chi connectivity index (χ0) is 7.44. The third-order valence-electron chi connectivity index (χ3n) is 1.19. The van der Waals surface area contributed by atoms with E-state index in [2.05, 4.69) is 15.9 Å². The molecule has 0 radical (unpaired) electrons. The number of hydrogen-bond donors (Lipinski definition) is 0. The van der Waals surface area contributed by atoms with E-state index in [1.165, 1.54) is 0 Å². The van der Waals surface area contributed by atoms with E-state index >= 15 is 0 Å². The Morgan fingerprint density at radius 3 is 2.11 bits per heavy atom. The Bertz CT molecular complexity index is 103. The maximum Gasteiger partial charge on any atom is 0.289 e. The highest BCUT2D eigenvalue weighted by Crippen LogP contribution is 2.03. The highest BCUT2D eigenvalue weighted by Gasteiger charge is 2.09. The Kier molecular flexibility index (Phi) is 3.86. The van der Waals surface area contributed by atoms with E-state index in [9.17, 15) is 4.79 Å². The Labute approximate surface area is 64.4 Å². The van der Waals surface area contributed by atoms with Gasteiger partial charge in [0.25, 0.3) is 4.82 Å². The molecule has 0 saturated carbocycles. The third kappa shape index (κ3) is 2.84. The van der Waals surface area contributed by atoms with Gasteiger partial charge >= 0.3 is 0 Å². The first-order valence-electron chi connectivity index (χ1n) is 3.05. The molecule has 54 valence electrons. The topological polar surface area (TPSA) is 20.3 Å². The zero-order valence-electron chi connectivity index (χ0n) is 6.02. The molecule has 0 aromatic rings. The van der Waals surface area contributed by atoms with Crippen LogP contribution in [0.3, 0.4) is 0 Å². The molecule has 2 nitrogen and oxygen atoms in total. The molecule has 0 rings (SSSR count). The summed E-state index contributed by atoms with van der Waals surface area (Å²) in [6, 6.07) is 0.293. The van der Waals surface area contributed by atoms with Gasteiger partial charge in [0.2, 0.25) is 0 Å². The fraction of sp³-hybridized carbons (Fsp3) is 0.833. The monoisotopic (exact) mass is 193 g/mol. The molecule has 0 spiro atoms. The second kappa shape index (κ2) is 3.88. The van der Waals surface area contributed by atoms with Gasteiger partial charge < -0.3 is 4.90 Å². The molecule has 0 atom stereocenters. The molecule has 0 aliphatic heterocycles. The summed E-state index contributed by atoms with van der Waals surface area (Å²) >= 11 is 2.89. The van der Waals surface area contributed by atoms with Crippen LogP contribution in [0.1, 0.15) is 20.8 Å². The minimum atomic E-state index is -0.0278. The van der Waals surface area contributed by atoms with E-state index in [1.54, 1.807) is 4.90 Å². The number of carbonyl (C=O) groups is 1. The van der Waals surface area contributed by atoms with Crippen LogP contribution in [0.5, 0.6) is 0 Å². The van der Waals surface area contributed by atoms with Crippen molar-refractivity contribution in [1.29, 1.82) is 0 Å². The second-order valence-corrected chi connectivity index (χ2v) is 2.81. The summed E-state index contributed by atoms with van der Waals surface area (Å²) in [6.45, 7) is 6.70. The molecule has 3 heteroatoms. The van der Waals surface area contributed by atoms with Gasteiger partial charge in [-0.1, -0.05) is 0 Å². The lowest BCUT2D eigenvalue weighted by molar-refractivity contribution is 0.214. The summed E-state index contributed by atoms with van der Waals surface area (Å²) in [4.78, 5) is 12.4. The number of carbonyl (C=O) groups excluding carboxylic acids is 1. The zero-order valence-corrected chi connectivity index (χ0v) is 7.60. The quantitative estimate of drug-likeness (QED) is 0.487. The minimum Gasteiger partial charge on any atom is -0.331 e. The first-order valence-corrected chi connectivity index (χ1v) is 3.85. The SMILES string of the molecule is CCN(C(=O)Br)C(C)C. The number of amides is 1. The molecule has 0 aromatic heterocycles. The molecule has 0 N–H and O–H groups in total. The van der Waals surface area contributed by atoms with Gasteiger partial charge in [0, 0.05) is 28.5 Å². The van der Waals surface area contributed by atoms with Gasteiger partial charge in [-0.3, -0.25) is 4.79 Å². The lowest BCUT2D eigenvalue weighted by atomic mass is 10.3. The molecule has 9 heavy (non-hydrogen) atoms. The van der Waals surface area contributed by atoms with Gasteiger partial charge in [0.05, 0.1) is 0 Å². The molecule has 0 unspecified atom stereocenters. The maximum atomic E-state index is 10.7. The molecule has 0 fully saturated rings. The van der Waals surface area contributed by atoms with Crippen LogP contribution in [0.15, 0.2) is 0 Å². The van der Waals surface area contributed by atoms with Crippen molar-refractivity contribution in [2.24, 2.45) is 0 Å². The fourth-order valence-corrected chi connectivity index (χ4v) is 1.35. The average Bonchev–Trinajstić information content (AvgIpc) is 1.64. The molecule has 0 heterocycles. The van der Waals surface area contributed by atoms with Crippen LogP contribution < -0.4 is 0 Å². The molecule has 0 bridgehead atoms. The van der Waals surface area contributed by atoms with Crippen molar-refractivity contribution in [1.82, 2.24) is 4.90 Å². The van der Waals surface area contributed by atoms with Crippen molar-refractivity contribution < 1.29 is 4.79 Å². The van der Waals surface area contributed by atoms with Crippen LogP contribution in [-0.2, 0) is 0 Å². The van der Waals surface area contributed by atoms with E-state index in [0.717, 1.165) is 6.54 Å². The first kappa shape index (κ1) is 8.95. The normalized spacial score (nSPS) is 9.89. The van der Waals surface area contributed by atoms with Gasteiger partial charge in [0.15, 0.2) is 0 Å². The lowest BCUT2D eigenvalue weighted by Gasteiger charge is -2.21. The standard InChI is InChI=1S/C6H12BrNO/c1-4-8(5(2)3)6(7)9/h5H,4H2,1-3H3. The van der Waals surface area contributed by atoms with Gasteiger partial charge in [-0.15, -0.1) is 0 Å². The van der Waals surface area contributed by atoms with Crippen molar-refractivity contribution in [2.45, 2.75) is 26.8 Å². The van der Waals surface area contributed by atoms with Gasteiger partial charge in [-0.05, 0) is 20.8 Å². The number of hydrogen-bond acceptors (Lipinski definition) is 1. The van der Waals surface area contributed by atoms with Crippen LogP contribution in [0, 0.1) is 0 Å². The fourth-order valence-electron chi connectivity index (χ4n) is 0.692. The van der Waals surface area contributed by atoms with Gasteiger partial charge in [0.1, 0.15) is 0 Å². The number of rotatable bonds is 2. The first-order chi connectivity index (χ1) is 4.09. The van der Waals surface area contributed by atoms with E-state index in [1.807, 2.05) is 20.8 Å². The van der Waals surface area contributed by atoms with E-state index in [-0.39, 0.29) is 4.82 Å². The summed E-state index contributed by atoms with van der Waals surface area (Å²) in [5.74, 6) is 0. The summed E-state index contributed by atoms with van der Waals surface area (Å²) < 4.78 is 0. The van der Waals surface area contributed by atoms with Crippen molar-refractivity contribution in [2.75, 3.05) is 6.54 Å². The van der Waals surface area contributed by atoms with Crippen molar-refractivity contribution in [3.05, 3.63) is 0 Å². The molecule has 0 aliphatic carbocycles.